The van der Waals surface area contributed by atoms with E-state index < -0.39 is 0 Å². The first-order valence-corrected chi connectivity index (χ1v) is 8.90. The summed E-state index contributed by atoms with van der Waals surface area (Å²) >= 11 is 1.66. The minimum absolute atomic E-state index is 0. The van der Waals surface area contributed by atoms with Gasteiger partial charge in [-0.2, -0.15) is 0 Å². The van der Waals surface area contributed by atoms with Crippen molar-refractivity contribution >= 4 is 36.0 Å². The minimum Gasteiger partial charge on any atom is -0.353 e. The second-order valence-corrected chi connectivity index (χ2v) is 8.15. The summed E-state index contributed by atoms with van der Waals surface area (Å²) in [7, 11) is 0. The van der Waals surface area contributed by atoms with Gasteiger partial charge in [-0.25, -0.2) is 0 Å². The quantitative estimate of drug-likeness (QED) is 0.809. The molecule has 2 rings (SSSR count). The van der Waals surface area contributed by atoms with E-state index in [2.05, 4.69) is 31.4 Å². The van der Waals surface area contributed by atoms with Crippen molar-refractivity contribution in [2.75, 3.05) is 24.7 Å². The fourth-order valence-electron chi connectivity index (χ4n) is 2.73. The molecule has 0 aromatic carbocycles. The van der Waals surface area contributed by atoms with Crippen LogP contribution >= 0.6 is 24.2 Å². The van der Waals surface area contributed by atoms with Crippen LogP contribution in [0.1, 0.15) is 40.0 Å². The summed E-state index contributed by atoms with van der Waals surface area (Å²) in [6.07, 6.45) is 2.78. The van der Waals surface area contributed by atoms with Crippen LogP contribution in [-0.4, -0.2) is 53.5 Å². The first-order valence-electron chi connectivity index (χ1n) is 7.75. The van der Waals surface area contributed by atoms with Gasteiger partial charge in [-0.1, -0.05) is 20.8 Å². The van der Waals surface area contributed by atoms with Crippen molar-refractivity contribution in [2.24, 2.45) is 5.41 Å². The number of hydrogen-bond donors (Lipinski definition) is 2. The number of rotatable bonds is 4. The second kappa shape index (κ2) is 8.41. The minimum atomic E-state index is -0.300. The zero-order chi connectivity index (χ0) is 15.5. The summed E-state index contributed by atoms with van der Waals surface area (Å²) < 4.78 is 0. The highest BCUT2D eigenvalue weighted by Gasteiger charge is 2.35. The third-order valence-electron chi connectivity index (χ3n) is 3.87. The van der Waals surface area contributed by atoms with Crippen LogP contribution in [0.25, 0.3) is 0 Å². The fourth-order valence-corrected chi connectivity index (χ4v) is 3.91. The van der Waals surface area contributed by atoms with Crippen molar-refractivity contribution in [3.8, 4) is 0 Å². The summed E-state index contributed by atoms with van der Waals surface area (Å²) in [4.78, 5) is 26.4. The standard InChI is InChI=1S/C15H27N3O2S.ClH/c1-15(2,3)7-13(19)18-10-21-9-12(18)14(20)17-8-11-5-4-6-16-11;/h11-12,16H,4-10H2,1-3H3,(H,17,20);1H. The van der Waals surface area contributed by atoms with Gasteiger partial charge in [0.05, 0.1) is 5.88 Å². The number of nitrogens with zero attached hydrogens (tertiary/aromatic N) is 1. The lowest BCUT2D eigenvalue weighted by Crippen LogP contribution is -2.50. The van der Waals surface area contributed by atoms with Gasteiger partial charge in [0.1, 0.15) is 6.04 Å². The first kappa shape index (κ1) is 19.6. The Morgan fingerprint density at radius 2 is 2.09 bits per heavy atom. The van der Waals surface area contributed by atoms with Gasteiger partial charge in [0.25, 0.3) is 0 Å². The number of nitrogens with one attached hydrogen (secondary N) is 2. The average molecular weight is 350 g/mol. The van der Waals surface area contributed by atoms with Gasteiger partial charge >= 0.3 is 0 Å². The Balaban J connectivity index is 0.00000242. The van der Waals surface area contributed by atoms with E-state index in [1.807, 2.05) is 0 Å². The molecule has 0 aliphatic carbocycles. The van der Waals surface area contributed by atoms with Crippen LogP contribution in [0.4, 0.5) is 0 Å². The Labute approximate surface area is 143 Å². The second-order valence-electron chi connectivity index (χ2n) is 7.16. The summed E-state index contributed by atoms with van der Waals surface area (Å²) in [6, 6.07) is 0.0907. The van der Waals surface area contributed by atoms with Gasteiger partial charge < -0.3 is 15.5 Å². The number of thioether (sulfide) groups is 1. The van der Waals surface area contributed by atoms with Crippen LogP contribution in [0.5, 0.6) is 0 Å². The normalized spacial score (nSPS) is 25.0. The molecule has 2 fully saturated rings. The Bertz CT molecular complexity index is 395. The average Bonchev–Trinajstić information content (AvgIpc) is 3.05. The van der Waals surface area contributed by atoms with Crippen LogP contribution < -0.4 is 10.6 Å². The van der Waals surface area contributed by atoms with Gasteiger partial charge in [-0.15, -0.1) is 24.2 Å². The van der Waals surface area contributed by atoms with Crippen LogP contribution in [0.15, 0.2) is 0 Å². The topological polar surface area (TPSA) is 61.4 Å². The lowest BCUT2D eigenvalue weighted by atomic mass is 9.91. The number of hydrogen-bond acceptors (Lipinski definition) is 4. The molecular weight excluding hydrogens is 322 g/mol. The predicted octanol–water partition coefficient (Wildman–Crippen LogP) is 1.61. The molecule has 2 unspecified atom stereocenters. The third kappa shape index (κ3) is 5.63. The monoisotopic (exact) mass is 349 g/mol. The molecule has 128 valence electrons. The lowest BCUT2D eigenvalue weighted by molar-refractivity contribution is -0.139. The molecule has 7 heteroatoms. The Morgan fingerprint density at radius 3 is 2.68 bits per heavy atom. The van der Waals surface area contributed by atoms with Gasteiger partial charge in [0.15, 0.2) is 0 Å². The smallest absolute Gasteiger partial charge is 0.243 e. The molecule has 0 aromatic heterocycles. The van der Waals surface area contributed by atoms with Gasteiger partial charge in [-0.3, -0.25) is 9.59 Å². The molecule has 2 N–H and O–H groups in total. The molecule has 2 heterocycles. The first-order chi connectivity index (χ1) is 9.87. The maximum Gasteiger partial charge on any atom is 0.243 e. The Kier molecular flexibility index (Phi) is 7.49. The van der Waals surface area contributed by atoms with E-state index in [4.69, 9.17) is 0 Å². The van der Waals surface area contributed by atoms with E-state index in [0.29, 0.717) is 30.6 Å². The van der Waals surface area contributed by atoms with E-state index in [0.717, 1.165) is 13.0 Å². The van der Waals surface area contributed by atoms with Gasteiger partial charge in [0.2, 0.25) is 11.8 Å². The molecule has 22 heavy (non-hydrogen) atoms. The lowest BCUT2D eigenvalue weighted by Gasteiger charge is -2.27. The van der Waals surface area contributed by atoms with E-state index in [1.54, 1.807) is 16.7 Å². The zero-order valence-corrected chi connectivity index (χ0v) is 15.3. The summed E-state index contributed by atoms with van der Waals surface area (Å²) in [5.74, 6) is 1.43. The maximum atomic E-state index is 12.4. The van der Waals surface area contributed by atoms with Crippen molar-refractivity contribution in [1.82, 2.24) is 15.5 Å². The molecule has 0 spiro atoms. The van der Waals surface area contributed by atoms with Crippen LogP contribution in [-0.2, 0) is 9.59 Å². The summed E-state index contributed by atoms with van der Waals surface area (Å²) in [6.45, 7) is 7.86. The molecule has 2 saturated heterocycles. The van der Waals surface area contributed by atoms with Crippen molar-refractivity contribution in [1.29, 1.82) is 0 Å². The molecule has 0 aromatic rings. The molecule has 2 amide bonds. The zero-order valence-electron chi connectivity index (χ0n) is 13.7. The molecule has 0 bridgehead atoms. The van der Waals surface area contributed by atoms with E-state index >= 15 is 0 Å². The number of halogens is 1. The highest BCUT2D eigenvalue weighted by atomic mass is 35.5. The molecule has 2 atom stereocenters. The summed E-state index contributed by atoms with van der Waals surface area (Å²) in [5, 5.41) is 6.37. The van der Waals surface area contributed by atoms with Crippen molar-refractivity contribution in [2.45, 2.75) is 52.1 Å². The predicted molar refractivity (Wildman–Crippen MR) is 93.3 cm³/mol. The van der Waals surface area contributed by atoms with Crippen molar-refractivity contribution in [3.05, 3.63) is 0 Å². The van der Waals surface area contributed by atoms with Crippen LogP contribution in [0.3, 0.4) is 0 Å². The molecule has 2 aliphatic rings. The molecule has 2 aliphatic heterocycles. The van der Waals surface area contributed by atoms with Crippen molar-refractivity contribution < 1.29 is 9.59 Å². The Hall–Kier alpha value is -0.460. The summed E-state index contributed by atoms with van der Waals surface area (Å²) in [5.41, 5.74) is -0.0425. The Morgan fingerprint density at radius 1 is 1.36 bits per heavy atom. The number of carbonyl (C=O) groups is 2. The molecule has 0 saturated carbocycles. The van der Waals surface area contributed by atoms with Gasteiger partial charge in [0, 0.05) is 24.8 Å². The number of amides is 2. The highest BCUT2D eigenvalue weighted by molar-refractivity contribution is 7.99. The maximum absolute atomic E-state index is 12.4. The van der Waals surface area contributed by atoms with Crippen LogP contribution in [0.2, 0.25) is 0 Å². The SMILES string of the molecule is CC(C)(C)CC(=O)N1CSCC1C(=O)NCC1CCCN1.Cl. The molecular formula is C15H28ClN3O2S. The van der Waals surface area contributed by atoms with Gasteiger partial charge in [-0.05, 0) is 24.8 Å². The highest BCUT2D eigenvalue weighted by Crippen LogP contribution is 2.26. The van der Waals surface area contributed by atoms with Crippen molar-refractivity contribution in [3.63, 3.8) is 0 Å². The fraction of sp³-hybridized carbons (Fsp3) is 0.867. The van der Waals surface area contributed by atoms with E-state index in [9.17, 15) is 9.59 Å². The van der Waals surface area contributed by atoms with E-state index in [1.165, 1.54) is 6.42 Å². The largest absolute Gasteiger partial charge is 0.353 e. The number of carbonyl (C=O) groups excluding carboxylic acids is 2. The molecule has 0 radical (unpaired) electrons. The molecule has 5 nitrogen and oxygen atoms in total. The van der Waals surface area contributed by atoms with Crippen LogP contribution in [0, 0.1) is 5.41 Å². The van der Waals surface area contributed by atoms with E-state index in [-0.39, 0.29) is 35.7 Å². The third-order valence-corrected chi connectivity index (χ3v) is 4.88.